The summed E-state index contributed by atoms with van der Waals surface area (Å²) in [7, 11) is -1.14. The van der Waals surface area contributed by atoms with Crippen LogP contribution in [-0.2, 0) is 10.8 Å². The van der Waals surface area contributed by atoms with Crippen molar-refractivity contribution in [2.45, 2.75) is 44.7 Å². The van der Waals surface area contributed by atoms with Crippen molar-refractivity contribution in [1.29, 1.82) is 0 Å². The minimum absolute atomic E-state index is 0.155. The van der Waals surface area contributed by atoms with Gasteiger partial charge < -0.3 is 4.90 Å². The van der Waals surface area contributed by atoms with Gasteiger partial charge in [-0.05, 0) is 81.9 Å². The molecule has 2 atom stereocenters. The SMILES string of the molecule is CC1N=C(S(=O)CCCCN2CCC(c3ccccc3)CC2)NN1c1ccc(Cl)c(Cl)c1. The van der Waals surface area contributed by atoms with Crippen molar-refractivity contribution in [2.75, 3.05) is 30.4 Å². The first-order valence-electron chi connectivity index (χ1n) is 11.3. The summed E-state index contributed by atoms with van der Waals surface area (Å²) in [5, 5.41) is 3.40. The van der Waals surface area contributed by atoms with Crippen molar-refractivity contribution in [1.82, 2.24) is 10.3 Å². The zero-order valence-corrected chi connectivity index (χ0v) is 20.7. The minimum atomic E-state index is -1.14. The molecule has 172 valence electrons. The van der Waals surface area contributed by atoms with E-state index in [-0.39, 0.29) is 6.17 Å². The third-order valence-electron chi connectivity index (χ3n) is 6.20. The van der Waals surface area contributed by atoms with Crippen molar-refractivity contribution in [3.63, 3.8) is 0 Å². The van der Waals surface area contributed by atoms with Gasteiger partial charge in [0.1, 0.15) is 6.17 Å². The molecule has 0 spiro atoms. The third kappa shape index (κ3) is 5.84. The Labute approximate surface area is 203 Å². The predicted molar refractivity (Wildman–Crippen MR) is 136 cm³/mol. The van der Waals surface area contributed by atoms with Gasteiger partial charge in [-0.25, -0.2) is 4.99 Å². The molecule has 0 aromatic heterocycles. The van der Waals surface area contributed by atoms with E-state index >= 15 is 0 Å². The number of anilines is 1. The molecule has 0 radical (unpaired) electrons. The summed E-state index contributed by atoms with van der Waals surface area (Å²) in [5.74, 6) is 1.31. The summed E-state index contributed by atoms with van der Waals surface area (Å²) in [6.07, 6.45) is 4.27. The fraction of sp³-hybridized carbons (Fsp3) is 0.458. The van der Waals surface area contributed by atoms with Crippen molar-refractivity contribution in [2.24, 2.45) is 4.99 Å². The molecule has 2 aromatic rings. The zero-order valence-electron chi connectivity index (χ0n) is 18.3. The number of likely N-dealkylation sites (tertiary alicyclic amines) is 1. The molecule has 2 unspecified atom stereocenters. The van der Waals surface area contributed by atoms with Crippen LogP contribution in [0, 0.1) is 0 Å². The number of nitrogens with one attached hydrogen (secondary N) is 1. The number of rotatable bonds is 7. The van der Waals surface area contributed by atoms with E-state index in [4.69, 9.17) is 23.2 Å². The molecule has 1 fully saturated rings. The van der Waals surface area contributed by atoms with E-state index < -0.39 is 10.8 Å². The van der Waals surface area contributed by atoms with E-state index in [1.165, 1.54) is 18.4 Å². The third-order valence-corrected chi connectivity index (χ3v) is 8.23. The van der Waals surface area contributed by atoms with E-state index in [0.717, 1.165) is 38.2 Å². The summed E-state index contributed by atoms with van der Waals surface area (Å²) < 4.78 is 12.8. The molecule has 0 amide bonds. The standard InChI is InChI=1S/C24H30Cl2N4OS/c1-18-27-24(28-30(18)21-9-10-22(25)23(26)17-21)32(31)16-6-5-13-29-14-11-20(12-15-29)19-7-3-2-4-8-19/h2-4,7-10,17-18,20H,5-6,11-16H2,1H3,(H,27,28). The van der Waals surface area contributed by atoms with E-state index in [0.29, 0.717) is 26.9 Å². The Kier molecular flexibility index (Phi) is 8.11. The van der Waals surface area contributed by atoms with Crippen molar-refractivity contribution in [3.05, 3.63) is 64.1 Å². The Morgan fingerprint density at radius 2 is 1.81 bits per heavy atom. The number of hydrazine groups is 1. The van der Waals surface area contributed by atoms with Gasteiger partial charge in [0.15, 0.2) is 0 Å². The smallest absolute Gasteiger partial charge is 0.208 e. The van der Waals surface area contributed by atoms with E-state index in [1.54, 1.807) is 12.1 Å². The van der Waals surface area contributed by atoms with Gasteiger partial charge in [-0.2, -0.15) is 0 Å². The highest BCUT2D eigenvalue weighted by atomic mass is 35.5. The first kappa shape index (κ1) is 23.6. The highest BCUT2D eigenvalue weighted by Gasteiger charge is 2.26. The molecule has 1 N–H and O–H groups in total. The maximum atomic E-state index is 12.8. The summed E-state index contributed by atoms with van der Waals surface area (Å²) in [6.45, 7) is 5.32. The largest absolute Gasteiger partial charge is 0.303 e. The van der Waals surface area contributed by atoms with Crippen LogP contribution >= 0.6 is 23.2 Å². The Morgan fingerprint density at radius 3 is 2.53 bits per heavy atom. The summed E-state index contributed by atoms with van der Waals surface area (Å²) >= 11 is 12.2. The number of piperidine rings is 1. The predicted octanol–water partition coefficient (Wildman–Crippen LogP) is 5.43. The molecule has 1 saturated heterocycles. The molecule has 0 bridgehead atoms. The van der Waals surface area contributed by atoms with Gasteiger partial charge >= 0.3 is 0 Å². The average Bonchev–Trinajstić information content (AvgIpc) is 3.21. The lowest BCUT2D eigenvalue weighted by atomic mass is 9.89. The molecule has 2 heterocycles. The molecule has 0 aliphatic carbocycles. The van der Waals surface area contributed by atoms with E-state index in [1.807, 2.05) is 18.0 Å². The Bertz CT molecular complexity index is 964. The van der Waals surface area contributed by atoms with Crippen LogP contribution in [-0.4, -0.2) is 45.8 Å². The summed E-state index contributed by atoms with van der Waals surface area (Å²) in [6, 6.07) is 16.3. The van der Waals surface area contributed by atoms with E-state index in [2.05, 4.69) is 45.6 Å². The molecule has 32 heavy (non-hydrogen) atoms. The van der Waals surface area contributed by atoms with Gasteiger partial charge in [-0.3, -0.25) is 14.6 Å². The van der Waals surface area contributed by atoms with Crippen LogP contribution in [0.15, 0.2) is 53.5 Å². The first-order chi connectivity index (χ1) is 15.5. The van der Waals surface area contributed by atoms with Crippen molar-refractivity contribution in [3.8, 4) is 0 Å². The van der Waals surface area contributed by atoms with Crippen LogP contribution < -0.4 is 10.4 Å². The Balaban J connectivity index is 1.17. The normalized spacial score (nSPS) is 20.8. The second-order valence-electron chi connectivity index (χ2n) is 8.43. The average molecular weight is 494 g/mol. The van der Waals surface area contributed by atoms with Gasteiger partial charge in [0.05, 0.1) is 26.5 Å². The van der Waals surface area contributed by atoms with Crippen LogP contribution in [0.1, 0.15) is 44.1 Å². The number of hydrogen-bond donors (Lipinski definition) is 1. The second kappa shape index (κ2) is 11.0. The van der Waals surface area contributed by atoms with Gasteiger partial charge in [-0.15, -0.1) is 0 Å². The van der Waals surface area contributed by atoms with Gasteiger partial charge in [0.25, 0.3) is 0 Å². The number of nitrogens with zero attached hydrogens (tertiary/aromatic N) is 3. The van der Waals surface area contributed by atoms with Crippen molar-refractivity contribution >= 4 is 44.9 Å². The topological polar surface area (TPSA) is 47.9 Å². The minimum Gasteiger partial charge on any atom is -0.303 e. The van der Waals surface area contributed by atoms with Crippen LogP contribution in [0.2, 0.25) is 10.0 Å². The van der Waals surface area contributed by atoms with Crippen LogP contribution in [0.3, 0.4) is 0 Å². The quantitative estimate of drug-likeness (QED) is 0.523. The summed E-state index contributed by atoms with van der Waals surface area (Å²) in [4.78, 5) is 7.09. The van der Waals surface area contributed by atoms with Gasteiger partial charge in [0.2, 0.25) is 5.17 Å². The number of unbranched alkanes of at least 4 members (excludes halogenated alkanes) is 1. The molecular weight excluding hydrogens is 463 g/mol. The second-order valence-corrected chi connectivity index (χ2v) is 10.7. The monoisotopic (exact) mass is 492 g/mol. The number of benzene rings is 2. The Hall–Kier alpha value is -1.60. The lowest BCUT2D eigenvalue weighted by Crippen LogP contribution is -2.41. The highest BCUT2D eigenvalue weighted by Crippen LogP contribution is 2.29. The molecule has 4 rings (SSSR count). The van der Waals surface area contributed by atoms with Gasteiger partial charge in [-0.1, -0.05) is 53.5 Å². The number of hydrogen-bond acceptors (Lipinski definition) is 5. The molecule has 0 saturated carbocycles. The fourth-order valence-electron chi connectivity index (χ4n) is 4.36. The van der Waals surface area contributed by atoms with Gasteiger partial charge in [0, 0.05) is 5.75 Å². The molecular formula is C24H30Cl2N4OS. The number of amidine groups is 1. The highest BCUT2D eigenvalue weighted by molar-refractivity contribution is 8.00. The van der Waals surface area contributed by atoms with Crippen molar-refractivity contribution < 1.29 is 4.21 Å². The summed E-state index contributed by atoms with van der Waals surface area (Å²) in [5.41, 5.74) is 5.50. The van der Waals surface area contributed by atoms with Crippen LogP contribution in [0.25, 0.3) is 0 Å². The van der Waals surface area contributed by atoms with Crippen LogP contribution in [0.4, 0.5) is 5.69 Å². The maximum absolute atomic E-state index is 12.8. The molecule has 2 aliphatic heterocycles. The lowest BCUT2D eigenvalue weighted by Gasteiger charge is -2.32. The molecule has 2 aromatic carbocycles. The fourth-order valence-corrected chi connectivity index (χ4v) is 5.78. The Morgan fingerprint density at radius 1 is 1.06 bits per heavy atom. The molecule has 2 aliphatic rings. The van der Waals surface area contributed by atoms with Crippen LogP contribution in [0.5, 0.6) is 0 Å². The number of aliphatic imine (C=N–C) groups is 1. The lowest BCUT2D eigenvalue weighted by molar-refractivity contribution is 0.210. The van der Waals surface area contributed by atoms with E-state index in [9.17, 15) is 4.21 Å². The maximum Gasteiger partial charge on any atom is 0.208 e. The first-order valence-corrected chi connectivity index (χ1v) is 13.3. The molecule has 8 heteroatoms. The number of halogens is 2. The molecule has 5 nitrogen and oxygen atoms in total. The zero-order chi connectivity index (χ0) is 22.5.